The Morgan fingerprint density at radius 2 is 0.512 bits per heavy atom. The van der Waals surface area contributed by atoms with Crippen LogP contribution in [0.4, 0.5) is 0 Å². The normalized spacial score (nSPS) is 11.4. The largest absolute Gasteiger partial charge is 0.480 e. The summed E-state index contributed by atoms with van der Waals surface area (Å²) in [6.45, 7) is 11.0. The summed E-state index contributed by atoms with van der Waals surface area (Å²) in [7, 11) is 0. The summed E-state index contributed by atoms with van der Waals surface area (Å²) in [5.74, 6) is -0.995. The molecule has 14 nitrogen and oxygen atoms in total. The lowest BCUT2D eigenvalue weighted by Gasteiger charge is -2.09. The average molecular weight is 668 g/mol. The molecule has 41 heavy (non-hydrogen) atoms. The summed E-state index contributed by atoms with van der Waals surface area (Å²) in [6.07, 6.45) is 0. The van der Waals surface area contributed by atoms with E-state index < -0.39 is 5.97 Å². The molecule has 0 saturated heterocycles. The van der Waals surface area contributed by atoms with Crippen LogP contribution in [-0.2, 0) is 61.6 Å². The van der Waals surface area contributed by atoms with Crippen LogP contribution >= 0.6 is 15.9 Å². The number of hydrogen-bond acceptors (Lipinski definition) is 13. The predicted molar refractivity (Wildman–Crippen MR) is 151 cm³/mol. The van der Waals surface area contributed by atoms with E-state index in [1.54, 1.807) is 0 Å². The van der Waals surface area contributed by atoms with Gasteiger partial charge in [-0.15, -0.1) is 0 Å². The van der Waals surface area contributed by atoms with Crippen molar-refractivity contribution in [2.24, 2.45) is 0 Å². The Morgan fingerprint density at radius 3 is 0.683 bits per heavy atom. The third-order valence-corrected chi connectivity index (χ3v) is 4.86. The van der Waals surface area contributed by atoms with E-state index in [0.717, 1.165) is 5.33 Å². The third-order valence-electron chi connectivity index (χ3n) is 4.54. The molecule has 0 saturated carbocycles. The second-order valence-electron chi connectivity index (χ2n) is 7.87. The predicted octanol–water partition coefficient (Wildman–Crippen LogP) is 0.665. The molecule has 0 spiro atoms. The summed E-state index contributed by atoms with van der Waals surface area (Å²) >= 11 is 3.29. The molecule has 0 atom stereocenters. The van der Waals surface area contributed by atoms with E-state index in [0.29, 0.717) is 145 Å². The number of rotatable bonds is 37. The Bertz CT molecular complexity index is 507. The van der Waals surface area contributed by atoms with E-state index in [9.17, 15) is 4.79 Å². The van der Waals surface area contributed by atoms with Crippen LogP contribution in [-0.4, -0.2) is 175 Å². The number of alkyl halides is 1. The van der Waals surface area contributed by atoms with E-state index in [1.165, 1.54) is 0 Å². The molecule has 0 amide bonds. The molecule has 0 rings (SSSR count). The molecule has 246 valence electrons. The van der Waals surface area contributed by atoms with Crippen molar-refractivity contribution in [3.05, 3.63) is 0 Å². The first kappa shape index (κ1) is 40.5. The van der Waals surface area contributed by atoms with Gasteiger partial charge in [-0.05, 0) is 0 Å². The lowest BCUT2D eigenvalue weighted by molar-refractivity contribution is -0.142. The smallest absolute Gasteiger partial charge is 0.329 e. The fourth-order valence-corrected chi connectivity index (χ4v) is 2.86. The zero-order chi connectivity index (χ0) is 29.7. The molecule has 1 N–H and O–H groups in total. The van der Waals surface area contributed by atoms with Crippen LogP contribution in [0.1, 0.15) is 0 Å². The molecule has 0 heterocycles. The minimum atomic E-state index is -0.995. The number of carboxylic acids is 1. The molecule has 15 heteroatoms. The van der Waals surface area contributed by atoms with Crippen molar-refractivity contribution >= 4 is 21.9 Å². The maximum absolute atomic E-state index is 10.3. The van der Waals surface area contributed by atoms with Gasteiger partial charge in [0.15, 0.2) is 0 Å². The Hall–Kier alpha value is -0.530. The van der Waals surface area contributed by atoms with Crippen LogP contribution < -0.4 is 0 Å². The van der Waals surface area contributed by atoms with Gasteiger partial charge >= 0.3 is 5.97 Å². The van der Waals surface area contributed by atoms with Crippen LogP contribution in [0.3, 0.4) is 0 Å². The van der Waals surface area contributed by atoms with Crippen molar-refractivity contribution in [3.63, 3.8) is 0 Å². The molecule has 0 aromatic carbocycles. The molecule has 0 aromatic heterocycles. The zero-order valence-electron chi connectivity index (χ0n) is 24.3. The molecule has 0 aliphatic rings. The highest BCUT2D eigenvalue weighted by Gasteiger charge is 1.97. The van der Waals surface area contributed by atoms with Crippen molar-refractivity contribution in [2.75, 3.05) is 164 Å². The fourth-order valence-electron chi connectivity index (χ4n) is 2.63. The van der Waals surface area contributed by atoms with Gasteiger partial charge in [0, 0.05) is 5.33 Å². The monoisotopic (exact) mass is 666 g/mol. The van der Waals surface area contributed by atoms with Crippen LogP contribution in [0.25, 0.3) is 0 Å². The SMILES string of the molecule is O=C(O)COCCOCCOCCOCCOCCOCCOCCOCCOCCOCCOCCOCCBr. The second-order valence-corrected chi connectivity index (χ2v) is 8.66. The molecular weight excluding hydrogens is 616 g/mol. The van der Waals surface area contributed by atoms with Crippen molar-refractivity contribution < 1.29 is 66.7 Å². The number of ether oxygens (including phenoxy) is 12. The lowest BCUT2D eigenvalue weighted by atomic mass is 10.6. The highest BCUT2D eigenvalue weighted by atomic mass is 79.9. The quantitative estimate of drug-likeness (QED) is 0.0731. The number of aliphatic carboxylic acids is 1. The van der Waals surface area contributed by atoms with Gasteiger partial charge in [0.25, 0.3) is 0 Å². The first-order valence-electron chi connectivity index (χ1n) is 14.0. The number of hydrogen-bond donors (Lipinski definition) is 1. The molecule has 0 aliphatic carbocycles. The van der Waals surface area contributed by atoms with Gasteiger partial charge in [-0.3, -0.25) is 0 Å². The molecule has 0 bridgehead atoms. The first-order chi connectivity index (χ1) is 20.3. The van der Waals surface area contributed by atoms with Gasteiger partial charge in [-0.1, -0.05) is 15.9 Å². The van der Waals surface area contributed by atoms with Crippen LogP contribution in [0, 0.1) is 0 Å². The summed E-state index contributed by atoms with van der Waals surface area (Å²) in [5, 5.41) is 9.24. The van der Waals surface area contributed by atoms with E-state index in [1.807, 2.05) is 0 Å². The van der Waals surface area contributed by atoms with Gasteiger partial charge in [0.05, 0.1) is 152 Å². The number of carbonyl (C=O) groups is 1. The van der Waals surface area contributed by atoms with E-state index in [4.69, 9.17) is 61.9 Å². The van der Waals surface area contributed by atoms with E-state index in [-0.39, 0.29) is 13.2 Å². The van der Waals surface area contributed by atoms with E-state index in [2.05, 4.69) is 15.9 Å². The standard InChI is InChI=1S/C26H51BrO14/c27-1-2-30-3-4-31-5-6-32-7-8-33-9-10-34-11-12-35-13-14-36-15-16-37-17-18-38-19-20-39-21-22-40-23-24-41-25-26(28)29/h1-25H2,(H,28,29). The summed E-state index contributed by atoms with van der Waals surface area (Å²) < 4.78 is 64.1. The van der Waals surface area contributed by atoms with Gasteiger partial charge in [0.2, 0.25) is 0 Å². The minimum Gasteiger partial charge on any atom is -0.480 e. The Labute approximate surface area is 252 Å². The van der Waals surface area contributed by atoms with Gasteiger partial charge in [0.1, 0.15) is 6.61 Å². The van der Waals surface area contributed by atoms with Gasteiger partial charge < -0.3 is 61.9 Å². The number of halogens is 1. The molecule has 0 aliphatic heterocycles. The highest BCUT2D eigenvalue weighted by Crippen LogP contribution is 1.87. The molecule has 0 fully saturated rings. The van der Waals surface area contributed by atoms with Crippen LogP contribution in [0.15, 0.2) is 0 Å². The van der Waals surface area contributed by atoms with E-state index >= 15 is 0 Å². The third kappa shape index (κ3) is 39.5. The molecule has 0 radical (unpaired) electrons. The minimum absolute atomic E-state index is 0.242. The van der Waals surface area contributed by atoms with Crippen LogP contribution in [0.5, 0.6) is 0 Å². The maximum Gasteiger partial charge on any atom is 0.329 e. The van der Waals surface area contributed by atoms with Gasteiger partial charge in [-0.2, -0.15) is 0 Å². The topological polar surface area (TPSA) is 148 Å². The molecular formula is C26H51BrO14. The second kappa shape index (κ2) is 37.5. The van der Waals surface area contributed by atoms with Crippen molar-refractivity contribution in [1.29, 1.82) is 0 Å². The lowest BCUT2D eigenvalue weighted by Crippen LogP contribution is -2.15. The number of carboxylic acid groups (broad SMARTS) is 1. The highest BCUT2D eigenvalue weighted by molar-refractivity contribution is 9.09. The van der Waals surface area contributed by atoms with Gasteiger partial charge in [-0.25, -0.2) is 4.79 Å². The summed E-state index contributed by atoms with van der Waals surface area (Å²) in [6, 6.07) is 0. The maximum atomic E-state index is 10.3. The zero-order valence-corrected chi connectivity index (χ0v) is 25.9. The van der Waals surface area contributed by atoms with Crippen molar-refractivity contribution in [3.8, 4) is 0 Å². The summed E-state index contributed by atoms with van der Waals surface area (Å²) in [5.41, 5.74) is 0. The average Bonchev–Trinajstić information content (AvgIpc) is 2.97. The van der Waals surface area contributed by atoms with Crippen molar-refractivity contribution in [2.45, 2.75) is 0 Å². The van der Waals surface area contributed by atoms with Crippen LogP contribution in [0.2, 0.25) is 0 Å². The Morgan fingerprint density at radius 1 is 0.341 bits per heavy atom. The molecule has 0 unspecified atom stereocenters. The Balaban J connectivity index is 3.03. The fraction of sp³-hybridized carbons (Fsp3) is 0.962. The summed E-state index contributed by atoms with van der Waals surface area (Å²) in [4.78, 5) is 10.3. The Kier molecular flexibility index (Phi) is 37.0. The molecule has 0 aromatic rings. The van der Waals surface area contributed by atoms with Crippen molar-refractivity contribution in [1.82, 2.24) is 0 Å². The first-order valence-corrected chi connectivity index (χ1v) is 15.1.